The lowest BCUT2D eigenvalue weighted by molar-refractivity contribution is 0.0702. The number of hydrogen-bond donors (Lipinski definition) is 1. The van der Waals surface area contributed by atoms with Gasteiger partial charge in [-0.2, -0.15) is 0 Å². The van der Waals surface area contributed by atoms with Crippen molar-refractivity contribution in [3.8, 4) is 11.3 Å². The first-order chi connectivity index (χ1) is 11.2. The second kappa shape index (κ2) is 6.62. The Hall–Kier alpha value is -2.66. The Kier molecular flexibility index (Phi) is 4.39. The van der Waals surface area contributed by atoms with E-state index < -0.39 is 5.97 Å². The van der Waals surface area contributed by atoms with Gasteiger partial charge in [0.2, 0.25) is 0 Å². The molecule has 0 fully saturated rings. The van der Waals surface area contributed by atoms with Crippen LogP contribution in [0.4, 0.5) is 10.8 Å². The quantitative estimate of drug-likeness (QED) is 0.741. The Morgan fingerprint density at radius 3 is 2.26 bits per heavy atom. The monoisotopic (exact) mass is 324 g/mol. The van der Waals surface area contributed by atoms with Gasteiger partial charge in [-0.05, 0) is 19.1 Å². The topological polar surface area (TPSA) is 53.4 Å². The van der Waals surface area contributed by atoms with Crippen LogP contribution in [-0.4, -0.2) is 22.6 Å². The Morgan fingerprint density at radius 2 is 1.70 bits per heavy atom. The zero-order valence-electron chi connectivity index (χ0n) is 12.6. The first-order valence-electron chi connectivity index (χ1n) is 7.33. The molecule has 116 valence electrons. The number of carboxylic acid groups (broad SMARTS) is 1. The lowest BCUT2D eigenvalue weighted by Gasteiger charge is -2.19. The summed E-state index contributed by atoms with van der Waals surface area (Å²) in [6, 6.07) is 19.3. The van der Waals surface area contributed by atoms with E-state index in [0.717, 1.165) is 11.3 Å². The third kappa shape index (κ3) is 3.10. The lowest BCUT2D eigenvalue weighted by atomic mass is 10.1. The second-order valence-electron chi connectivity index (χ2n) is 4.93. The maximum Gasteiger partial charge on any atom is 0.348 e. The molecule has 3 aromatic rings. The molecule has 0 atom stereocenters. The average molecular weight is 324 g/mol. The predicted octanol–water partition coefficient (Wildman–Crippen LogP) is 4.67. The summed E-state index contributed by atoms with van der Waals surface area (Å²) >= 11 is 1.21. The smallest absolute Gasteiger partial charge is 0.348 e. The molecule has 0 saturated heterocycles. The minimum Gasteiger partial charge on any atom is -0.477 e. The summed E-state index contributed by atoms with van der Waals surface area (Å²) in [6.45, 7) is 2.74. The first kappa shape index (κ1) is 15.2. The number of carbonyl (C=O) groups is 1. The van der Waals surface area contributed by atoms with Crippen LogP contribution < -0.4 is 4.90 Å². The van der Waals surface area contributed by atoms with Gasteiger partial charge in [-0.1, -0.05) is 59.9 Å². The van der Waals surface area contributed by atoms with Crippen LogP contribution in [0, 0.1) is 0 Å². The van der Waals surface area contributed by atoms with Gasteiger partial charge >= 0.3 is 5.97 Å². The highest BCUT2D eigenvalue weighted by Crippen LogP contribution is 2.36. The largest absolute Gasteiger partial charge is 0.477 e. The van der Waals surface area contributed by atoms with Crippen LogP contribution >= 0.6 is 11.3 Å². The van der Waals surface area contributed by atoms with Crippen LogP contribution in [0.1, 0.15) is 16.6 Å². The van der Waals surface area contributed by atoms with Gasteiger partial charge in [0, 0.05) is 17.8 Å². The Morgan fingerprint density at radius 1 is 1.09 bits per heavy atom. The molecule has 3 rings (SSSR count). The van der Waals surface area contributed by atoms with Crippen LogP contribution in [0.2, 0.25) is 0 Å². The van der Waals surface area contributed by atoms with Crippen molar-refractivity contribution in [3.63, 3.8) is 0 Å². The van der Waals surface area contributed by atoms with E-state index >= 15 is 0 Å². The average Bonchev–Trinajstić information content (AvgIpc) is 3.03. The zero-order chi connectivity index (χ0) is 16.2. The maximum absolute atomic E-state index is 11.6. The van der Waals surface area contributed by atoms with E-state index in [4.69, 9.17) is 0 Å². The van der Waals surface area contributed by atoms with E-state index in [0.29, 0.717) is 17.4 Å². The van der Waals surface area contributed by atoms with E-state index in [9.17, 15) is 9.90 Å². The molecule has 0 aliphatic carbocycles. The second-order valence-corrected chi connectivity index (χ2v) is 5.90. The molecule has 0 aliphatic heterocycles. The summed E-state index contributed by atoms with van der Waals surface area (Å²) in [5.74, 6) is -0.947. The number of hydrogen-bond acceptors (Lipinski definition) is 4. The summed E-state index contributed by atoms with van der Waals surface area (Å²) in [7, 11) is 0. The number of carboxylic acids is 1. The number of anilines is 2. The Balaban J connectivity index is 2.09. The van der Waals surface area contributed by atoms with Gasteiger partial charge in [-0.3, -0.25) is 0 Å². The van der Waals surface area contributed by atoms with Crippen molar-refractivity contribution >= 4 is 28.1 Å². The fraction of sp³-hybridized carbons (Fsp3) is 0.111. The molecule has 1 heterocycles. The highest BCUT2D eigenvalue weighted by atomic mass is 32.1. The highest BCUT2D eigenvalue weighted by molar-refractivity contribution is 7.18. The van der Waals surface area contributed by atoms with Crippen molar-refractivity contribution in [2.45, 2.75) is 6.92 Å². The summed E-state index contributed by atoms with van der Waals surface area (Å²) in [5, 5.41) is 10.2. The van der Waals surface area contributed by atoms with E-state index in [-0.39, 0.29) is 4.88 Å². The van der Waals surface area contributed by atoms with Gasteiger partial charge in [0.05, 0.1) is 5.69 Å². The number of thiazole rings is 1. The Labute approximate surface area is 138 Å². The third-order valence-electron chi connectivity index (χ3n) is 3.47. The van der Waals surface area contributed by atoms with Crippen molar-refractivity contribution in [3.05, 3.63) is 65.5 Å². The molecule has 0 saturated carbocycles. The predicted molar refractivity (Wildman–Crippen MR) is 93.6 cm³/mol. The minimum atomic E-state index is -0.947. The summed E-state index contributed by atoms with van der Waals surface area (Å²) in [5.41, 5.74) is 2.34. The van der Waals surface area contributed by atoms with E-state index in [1.165, 1.54) is 11.3 Å². The van der Waals surface area contributed by atoms with Crippen molar-refractivity contribution in [2.75, 3.05) is 11.4 Å². The number of para-hydroxylation sites is 1. The van der Waals surface area contributed by atoms with Gasteiger partial charge in [-0.25, -0.2) is 9.78 Å². The zero-order valence-corrected chi connectivity index (χ0v) is 13.5. The summed E-state index contributed by atoms with van der Waals surface area (Å²) in [6.07, 6.45) is 0. The van der Waals surface area contributed by atoms with Crippen LogP contribution in [0.5, 0.6) is 0 Å². The molecule has 0 aliphatic rings. The van der Waals surface area contributed by atoms with E-state index in [1.807, 2.05) is 72.5 Å². The van der Waals surface area contributed by atoms with Gasteiger partial charge in [0.15, 0.2) is 5.13 Å². The lowest BCUT2D eigenvalue weighted by Crippen LogP contribution is -2.15. The molecule has 0 radical (unpaired) electrons. The molecule has 1 N–H and O–H groups in total. The van der Waals surface area contributed by atoms with Crippen molar-refractivity contribution < 1.29 is 9.90 Å². The van der Waals surface area contributed by atoms with Gasteiger partial charge < -0.3 is 10.0 Å². The molecule has 0 unspecified atom stereocenters. The number of nitrogens with zero attached hydrogens (tertiary/aromatic N) is 2. The molecule has 0 bridgehead atoms. The van der Waals surface area contributed by atoms with Crippen molar-refractivity contribution in [2.24, 2.45) is 0 Å². The molecule has 1 aromatic heterocycles. The van der Waals surface area contributed by atoms with Gasteiger partial charge in [0.1, 0.15) is 4.88 Å². The van der Waals surface area contributed by atoms with E-state index in [2.05, 4.69) is 4.98 Å². The van der Waals surface area contributed by atoms with Crippen LogP contribution in [0.3, 0.4) is 0 Å². The van der Waals surface area contributed by atoms with Crippen LogP contribution in [0.15, 0.2) is 60.7 Å². The SMILES string of the molecule is CCN(c1ccccc1)c1nc(-c2ccccc2)c(C(=O)O)s1. The molecule has 0 amide bonds. The fourth-order valence-corrected chi connectivity index (χ4v) is 3.41. The summed E-state index contributed by atoms with van der Waals surface area (Å²) < 4.78 is 0. The standard InChI is InChI=1S/C18H16N2O2S/c1-2-20(14-11-7-4-8-12-14)18-19-15(16(23-18)17(21)22)13-9-5-3-6-10-13/h3-12H,2H2,1H3,(H,21,22). The van der Waals surface area contributed by atoms with E-state index in [1.54, 1.807) is 0 Å². The fourth-order valence-electron chi connectivity index (χ4n) is 2.40. The number of benzene rings is 2. The molecule has 23 heavy (non-hydrogen) atoms. The minimum absolute atomic E-state index is 0.264. The summed E-state index contributed by atoms with van der Waals surface area (Å²) in [4.78, 5) is 18.5. The molecular weight excluding hydrogens is 308 g/mol. The normalized spacial score (nSPS) is 10.5. The number of aromatic nitrogens is 1. The molecule has 5 heteroatoms. The first-order valence-corrected chi connectivity index (χ1v) is 8.14. The highest BCUT2D eigenvalue weighted by Gasteiger charge is 2.21. The number of aromatic carboxylic acids is 1. The number of rotatable bonds is 5. The van der Waals surface area contributed by atoms with Gasteiger partial charge in [0.25, 0.3) is 0 Å². The molecular formula is C18H16N2O2S. The van der Waals surface area contributed by atoms with Crippen molar-refractivity contribution in [1.82, 2.24) is 4.98 Å². The van der Waals surface area contributed by atoms with Crippen molar-refractivity contribution in [1.29, 1.82) is 0 Å². The third-order valence-corrected chi connectivity index (χ3v) is 4.54. The molecule has 0 spiro atoms. The van der Waals surface area contributed by atoms with Gasteiger partial charge in [-0.15, -0.1) is 0 Å². The maximum atomic E-state index is 11.6. The molecule has 4 nitrogen and oxygen atoms in total. The Bertz CT molecular complexity index is 800. The van der Waals surface area contributed by atoms with Crippen LogP contribution in [0.25, 0.3) is 11.3 Å². The molecule has 2 aromatic carbocycles. The van der Waals surface area contributed by atoms with Crippen LogP contribution in [-0.2, 0) is 0 Å².